The predicted octanol–water partition coefficient (Wildman–Crippen LogP) is 4.35. The van der Waals surface area contributed by atoms with Gasteiger partial charge in [0, 0.05) is 42.9 Å². The van der Waals surface area contributed by atoms with Gasteiger partial charge in [-0.2, -0.15) is 0 Å². The monoisotopic (exact) mass is 462 g/mol. The van der Waals surface area contributed by atoms with E-state index in [1.165, 1.54) is 0 Å². The molecule has 31 heavy (non-hydrogen) atoms. The number of hydrogen-bond acceptors (Lipinski definition) is 6. The second-order valence-corrected chi connectivity index (χ2v) is 8.19. The highest BCUT2D eigenvalue weighted by Gasteiger charge is 2.22. The van der Waals surface area contributed by atoms with Crippen molar-refractivity contribution in [2.75, 3.05) is 37.7 Å². The molecule has 3 aromatic rings. The Kier molecular flexibility index (Phi) is 6.95. The fraction of sp³-hybridized carbons (Fsp3) is 0.409. The number of rotatable bonds is 7. The van der Waals surface area contributed by atoms with Gasteiger partial charge in [-0.3, -0.25) is 4.79 Å². The van der Waals surface area contributed by atoms with Crippen molar-refractivity contribution in [1.82, 2.24) is 14.9 Å². The molecule has 0 N–H and O–H groups in total. The van der Waals surface area contributed by atoms with Gasteiger partial charge in [-0.05, 0) is 24.3 Å². The smallest absolute Gasteiger partial charge is 0.224 e. The third-order valence-electron chi connectivity index (χ3n) is 5.25. The summed E-state index contributed by atoms with van der Waals surface area (Å²) < 4.78 is 10.9. The molecule has 1 aliphatic rings. The van der Waals surface area contributed by atoms with Crippen molar-refractivity contribution in [3.8, 4) is 0 Å². The van der Waals surface area contributed by atoms with E-state index in [1.54, 1.807) is 12.3 Å². The molecule has 1 fully saturated rings. The lowest BCUT2D eigenvalue weighted by Gasteiger charge is -2.29. The van der Waals surface area contributed by atoms with E-state index in [0.29, 0.717) is 79.4 Å². The number of carbonyl (C=O) groups is 1. The second-order valence-electron chi connectivity index (χ2n) is 7.34. The largest absolute Gasteiger partial charge is 0.467 e. The van der Waals surface area contributed by atoms with E-state index in [4.69, 9.17) is 37.3 Å². The topological polar surface area (TPSA) is 71.7 Å². The van der Waals surface area contributed by atoms with Crippen molar-refractivity contribution in [3.05, 3.63) is 52.2 Å². The van der Waals surface area contributed by atoms with Crippen LogP contribution in [0.15, 0.2) is 34.9 Å². The zero-order valence-corrected chi connectivity index (χ0v) is 18.8. The summed E-state index contributed by atoms with van der Waals surface area (Å²) in [7, 11) is 0. The van der Waals surface area contributed by atoms with Crippen LogP contribution in [0, 0.1) is 0 Å². The Bertz CT molecular complexity index is 1050. The molecular weight excluding hydrogens is 439 g/mol. The second kappa shape index (κ2) is 9.85. The molecular formula is C22H24Cl2N4O3. The number of fused-ring (bicyclic) bond motifs is 1. The van der Waals surface area contributed by atoms with E-state index in [1.807, 2.05) is 34.9 Å². The number of carbonyl (C=O) groups excluding carboxylic acids is 1. The lowest BCUT2D eigenvalue weighted by atomic mass is 10.2. The van der Waals surface area contributed by atoms with Crippen LogP contribution < -0.4 is 4.90 Å². The Morgan fingerprint density at radius 3 is 2.74 bits per heavy atom. The minimum absolute atomic E-state index is 0.0953. The van der Waals surface area contributed by atoms with Gasteiger partial charge < -0.3 is 19.0 Å². The van der Waals surface area contributed by atoms with Crippen LogP contribution in [0.3, 0.4) is 0 Å². The van der Waals surface area contributed by atoms with Crippen molar-refractivity contribution < 1.29 is 13.9 Å². The third-order valence-corrected chi connectivity index (χ3v) is 5.75. The Morgan fingerprint density at radius 2 is 2.03 bits per heavy atom. The number of morpholine rings is 1. The number of aromatic nitrogens is 2. The molecule has 7 nitrogen and oxygen atoms in total. The standard InChI is InChI=1S/C22H24Cl2N4O3/c1-2-19-25-21-17(12-15(23)13-18(21)24)22(26-19)28(14-16-4-3-9-31-16)6-5-20(29)27-7-10-30-11-8-27/h3-4,9,12-13H,2,5-8,10-11,14H2,1H3. The van der Waals surface area contributed by atoms with Crippen LogP contribution in [0.4, 0.5) is 5.82 Å². The van der Waals surface area contributed by atoms with E-state index < -0.39 is 0 Å². The molecule has 9 heteroatoms. The maximum Gasteiger partial charge on any atom is 0.224 e. The number of furan rings is 1. The zero-order chi connectivity index (χ0) is 21.8. The van der Waals surface area contributed by atoms with Crippen LogP contribution in [-0.4, -0.2) is 53.6 Å². The van der Waals surface area contributed by atoms with Gasteiger partial charge in [-0.25, -0.2) is 9.97 Å². The van der Waals surface area contributed by atoms with Crippen LogP contribution in [0.25, 0.3) is 10.9 Å². The van der Waals surface area contributed by atoms with Crippen LogP contribution in [0.5, 0.6) is 0 Å². The average molecular weight is 463 g/mol. The van der Waals surface area contributed by atoms with Gasteiger partial charge in [0.1, 0.15) is 17.4 Å². The maximum absolute atomic E-state index is 12.8. The summed E-state index contributed by atoms with van der Waals surface area (Å²) in [4.78, 5) is 26.0. The summed E-state index contributed by atoms with van der Waals surface area (Å²) in [6, 6.07) is 7.24. The maximum atomic E-state index is 12.8. The molecule has 0 unspecified atom stereocenters. The van der Waals surface area contributed by atoms with Gasteiger partial charge in [0.25, 0.3) is 0 Å². The molecule has 4 rings (SSSR count). The molecule has 0 spiro atoms. The summed E-state index contributed by atoms with van der Waals surface area (Å²) in [5.41, 5.74) is 0.650. The number of amides is 1. The average Bonchev–Trinajstić information content (AvgIpc) is 3.29. The van der Waals surface area contributed by atoms with Gasteiger partial charge in [0.05, 0.1) is 36.6 Å². The molecule has 3 heterocycles. The molecule has 1 aliphatic heterocycles. The van der Waals surface area contributed by atoms with Crippen LogP contribution in [0.1, 0.15) is 24.9 Å². The highest BCUT2D eigenvalue weighted by molar-refractivity contribution is 6.38. The fourth-order valence-electron chi connectivity index (χ4n) is 3.64. The molecule has 1 saturated heterocycles. The van der Waals surface area contributed by atoms with Gasteiger partial charge in [-0.15, -0.1) is 0 Å². The molecule has 2 aromatic heterocycles. The summed E-state index contributed by atoms with van der Waals surface area (Å²) in [6.45, 7) is 5.33. The van der Waals surface area contributed by atoms with Crippen molar-refractivity contribution >= 4 is 45.8 Å². The summed E-state index contributed by atoms with van der Waals surface area (Å²) >= 11 is 12.8. The Hall–Kier alpha value is -2.35. The Balaban J connectivity index is 1.69. The van der Waals surface area contributed by atoms with Crippen LogP contribution in [0.2, 0.25) is 10.0 Å². The first-order chi connectivity index (χ1) is 15.0. The van der Waals surface area contributed by atoms with Gasteiger partial charge in [0.15, 0.2) is 0 Å². The van der Waals surface area contributed by atoms with E-state index in [9.17, 15) is 4.79 Å². The van der Waals surface area contributed by atoms with Crippen molar-refractivity contribution in [3.63, 3.8) is 0 Å². The SMILES string of the molecule is CCc1nc(N(CCC(=O)N2CCOCC2)Cc2ccco2)c2cc(Cl)cc(Cl)c2n1. The molecule has 1 aromatic carbocycles. The van der Waals surface area contributed by atoms with E-state index in [-0.39, 0.29) is 5.91 Å². The van der Waals surface area contributed by atoms with Gasteiger partial charge in [0.2, 0.25) is 5.91 Å². The highest BCUT2D eigenvalue weighted by atomic mass is 35.5. The van der Waals surface area contributed by atoms with E-state index in [0.717, 1.165) is 11.1 Å². The molecule has 0 bridgehead atoms. The Morgan fingerprint density at radius 1 is 1.23 bits per heavy atom. The summed E-state index contributed by atoms with van der Waals surface area (Å²) in [5.74, 6) is 2.24. The van der Waals surface area contributed by atoms with Crippen molar-refractivity contribution in [2.45, 2.75) is 26.3 Å². The first kappa shape index (κ1) is 21.9. The summed E-state index contributed by atoms with van der Waals surface area (Å²) in [5, 5.41) is 1.73. The molecule has 1 amide bonds. The van der Waals surface area contributed by atoms with Crippen LogP contribution >= 0.6 is 23.2 Å². The number of ether oxygens (including phenoxy) is 1. The van der Waals surface area contributed by atoms with Crippen LogP contribution in [-0.2, 0) is 22.5 Å². The number of anilines is 1. The number of halogens is 2. The lowest BCUT2D eigenvalue weighted by Crippen LogP contribution is -2.42. The minimum Gasteiger partial charge on any atom is -0.467 e. The van der Waals surface area contributed by atoms with Gasteiger partial charge >= 0.3 is 0 Å². The van der Waals surface area contributed by atoms with E-state index >= 15 is 0 Å². The Labute approximate surface area is 190 Å². The number of aryl methyl sites for hydroxylation is 1. The lowest BCUT2D eigenvalue weighted by molar-refractivity contribution is -0.135. The number of benzene rings is 1. The zero-order valence-electron chi connectivity index (χ0n) is 17.3. The van der Waals surface area contributed by atoms with Gasteiger partial charge in [-0.1, -0.05) is 30.1 Å². The molecule has 164 valence electrons. The molecule has 0 atom stereocenters. The molecule has 0 saturated carbocycles. The number of hydrogen-bond donors (Lipinski definition) is 0. The predicted molar refractivity (Wildman–Crippen MR) is 121 cm³/mol. The quantitative estimate of drug-likeness (QED) is 0.519. The minimum atomic E-state index is 0.0953. The normalized spacial score (nSPS) is 14.2. The van der Waals surface area contributed by atoms with E-state index in [2.05, 4.69) is 4.98 Å². The van der Waals surface area contributed by atoms with Crippen molar-refractivity contribution in [2.24, 2.45) is 0 Å². The fourth-order valence-corrected chi connectivity index (χ4v) is 4.17. The first-order valence-electron chi connectivity index (χ1n) is 10.3. The highest BCUT2D eigenvalue weighted by Crippen LogP contribution is 2.33. The third kappa shape index (κ3) is 5.11. The molecule has 0 aliphatic carbocycles. The summed E-state index contributed by atoms with van der Waals surface area (Å²) in [6.07, 6.45) is 2.64. The number of nitrogens with zero attached hydrogens (tertiary/aromatic N) is 4. The first-order valence-corrected chi connectivity index (χ1v) is 11.1. The molecule has 0 radical (unpaired) electrons. The van der Waals surface area contributed by atoms with Crippen molar-refractivity contribution in [1.29, 1.82) is 0 Å².